The Balaban J connectivity index is 2.45. The van der Waals surface area contributed by atoms with Gasteiger partial charge in [-0.1, -0.05) is 38.5 Å². The first-order chi connectivity index (χ1) is 8.54. The van der Waals surface area contributed by atoms with Crippen molar-refractivity contribution in [3.8, 4) is 0 Å². The largest absolute Gasteiger partial charge is 0.309 e. The third kappa shape index (κ3) is 2.60. The molecule has 2 atom stereocenters. The molecule has 1 N–H and O–H groups in total. The van der Waals surface area contributed by atoms with Gasteiger partial charge >= 0.3 is 0 Å². The van der Waals surface area contributed by atoms with Gasteiger partial charge in [0, 0.05) is 17.0 Å². The van der Waals surface area contributed by atoms with Crippen molar-refractivity contribution in [2.24, 2.45) is 5.92 Å². The molecule has 0 aliphatic carbocycles. The molecule has 1 aromatic rings. The Kier molecular flexibility index (Phi) is 4.39. The minimum atomic E-state index is 0.518. The summed E-state index contributed by atoms with van der Waals surface area (Å²) in [6.07, 6.45) is 0. The van der Waals surface area contributed by atoms with Gasteiger partial charge in [-0.15, -0.1) is 0 Å². The number of nitrogens with one attached hydrogen (secondary N) is 1. The van der Waals surface area contributed by atoms with E-state index in [2.05, 4.69) is 63.8 Å². The highest BCUT2D eigenvalue weighted by atomic mass is 32.2. The van der Waals surface area contributed by atoms with Crippen molar-refractivity contribution < 1.29 is 0 Å². The lowest BCUT2D eigenvalue weighted by atomic mass is 9.88. The smallest absolute Gasteiger partial charge is 0.0448 e. The summed E-state index contributed by atoms with van der Waals surface area (Å²) < 4.78 is 0. The Hall–Kier alpha value is -0.470. The number of hydrogen-bond acceptors (Lipinski definition) is 2. The van der Waals surface area contributed by atoms with Gasteiger partial charge in [-0.25, -0.2) is 0 Å². The summed E-state index contributed by atoms with van der Waals surface area (Å²) in [5, 5.41) is 4.40. The predicted octanol–water partition coefficient (Wildman–Crippen LogP) is 4.23. The van der Waals surface area contributed by atoms with Crippen LogP contribution in [0.3, 0.4) is 0 Å². The van der Waals surface area contributed by atoms with Crippen molar-refractivity contribution in [3.05, 3.63) is 34.4 Å². The first kappa shape index (κ1) is 14.0. The first-order valence-corrected chi connectivity index (χ1v) is 8.04. The molecule has 100 valence electrons. The summed E-state index contributed by atoms with van der Waals surface area (Å²) in [7, 11) is 0. The molecule has 1 aliphatic rings. The topological polar surface area (TPSA) is 12.0 Å². The molecule has 0 saturated carbocycles. The average molecular weight is 263 g/mol. The zero-order chi connectivity index (χ0) is 13.3. The molecule has 0 saturated heterocycles. The summed E-state index contributed by atoms with van der Waals surface area (Å²) in [6, 6.07) is 5.22. The maximum Gasteiger partial charge on any atom is 0.0448 e. The van der Waals surface area contributed by atoms with E-state index in [1.165, 1.54) is 16.9 Å². The van der Waals surface area contributed by atoms with E-state index in [0.717, 1.165) is 6.54 Å². The van der Waals surface area contributed by atoms with Crippen LogP contribution >= 0.6 is 11.8 Å². The van der Waals surface area contributed by atoms with E-state index in [1.54, 1.807) is 11.1 Å². The summed E-state index contributed by atoms with van der Waals surface area (Å²) in [4.78, 5) is 0. The van der Waals surface area contributed by atoms with Gasteiger partial charge in [0.2, 0.25) is 0 Å². The Labute approximate surface area is 116 Å². The molecule has 0 amide bonds. The van der Waals surface area contributed by atoms with Gasteiger partial charge in [-0.2, -0.15) is 11.8 Å². The number of benzene rings is 1. The Bertz CT molecular complexity index is 425. The van der Waals surface area contributed by atoms with Crippen LogP contribution in [-0.4, -0.2) is 11.8 Å². The number of rotatable bonds is 3. The molecule has 18 heavy (non-hydrogen) atoms. The lowest BCUT2D eigenvalue weighted by Gasteiger charge is -2.37. The van der Waals surface area contributed by atoms with Crippen LogP contribution in [0.15, 0.2) is 12.1 Å². The van der Waals surface area contributed by atoms with Crippen LogP contribution in [0.25, 0.3) is 0 Å². The fourth-order valence-corrected chi connectivity index (χ4v) is 4.51. The summed E-state index contributed by atoms with van der Waals surface area (Å²) in [5.41, 5.74) is 5.97. The second-order valence-electron chi connectivity index (χ2n) is 5.71. The van der Waals surface area contributed by atoms with Crippen molar-refractivity contribution in [2.45, 2.75) is 51.7 Å². The predicted molar refractivity (Wildman–Crippen MR) is 82.3 cm³/mol. The minimum absolute atomic E-state index is 0.518. The molecule has 2 unspecified atom stereocenters. The quantitative estimate of drug-likeness (QED) is 0.876. The maximum atomic E-state index is 3.71. The summed E-state index contributed by atoms with van der Waals surface area (Å²) >= 11 is 2.12. The van der Waals surface area contributed by atoms with Crippen LogP contribution in [0.1, 0.15) is 49.1 Å². The fourth-order valence-electron chi connectivity index (χ4n) is 3.09. The number of aryl methyl sites for hydroxylation is 2. The van der Waals surface area contributed by atoms with E-state index < -0.39 is 0 Å². The molecule has 0 bridgehead atoms. The minimum Gasteiger partial charge on any atom is -0.309 e. The lowest BCUT2D eigenvalue weighted by Crippen LogP contribution is -2.36. The van der Waals surface area contributed by atoms with Crippen LogP contribution in [0.5, 0.6) is 0 Å². The van der Waals surface area contributed by atoms with E-state index in [-0.39, 0.29) is 0 Å². The molecular formula is C16H25NS. The van der Waals surface area contributed by atoms with Crippen LogP contribution in [-0.2, 0) is 5.75 Å². The molecule has 2 rings (SSSR count). The van der Waals surface area contributed by atoms with Gasteiger partial charge in [0.15, 0.2) is 0 Å². The van der Waals surface area contributed by atoms with Crippen molar-refractivity contribution in [2.75, 3.05) is 6.54 Å². The standard InChI is InChI=1S/C16H25NS/c1-6-17-15-14-12(5)7-11(4)8-13(14)9-18-16(15)10(2)3/h7-8,10,15-17H,6,9H2,1-5H3. The van der Waals surface area contributed by atoms with Crippen molar-refractivity contribution in [1.29, 1.82) is 0 Å². The highest BCUT2D eigenvalue weighted by Crippen LogP contribution is 2.42. The molecule has 1 nitrogen and oxygen atoms in total. The Morgan fingerprint density at radius 3 is 2.67 bits per heavy atom. The monoisotopic (exact) mass is 263 g/mol. The van der Waals surface area contributed by atoms with Crippen LogP contribution in [0, 0.1) is 19.8 Å². The average Bonchev–Trinajstić information content (AvgIpc) is 2.28. The van der Waals surface area contributed by atoms with Crippen molar-refractivity contribution in [1.82, 2.24) is 5.32 Å². The lowest BCUT2D eigenvalue weighted by molar-refractivity contribution is 0.445. The van der Waals surface area contributed by atoms with Gasteiger partial charge < -0.3 is 5.32 Å². The summed E-state index contributed by atoms with van der Waals surface area (Å²) in [6.45, 7) is 12.4. The summed E-state index contributed by atoms with van der Waals surface area (Å²) in [5.74, 6) is 1.88. The number of fused-ring (bicyclic) bond motifs is 1. The van der Waals surface area contributed by atoms with E-state index in [9.17, 15) is 0 Å². The Morgan fingerprint density at radius 1 is 1.33 bits per heavy atom. The molecule has 0 spiro atoms. The third-order valence-electron chi connectivity index (χ3n) is 3.77. The molecule has 0 aromatic heterocycles. The third-order valence-corrected chi connectivity index (χ3v) is 5.45. The maximum absolute atomic E-state index is 3.71. The van der Waals surface area contributed by atoms with E-state index in [0.29, 0.717) is 17.2 Å². The van der Waals surface area contributed by atoms with E-state index in [4.69, 9.17) is 0 Å². The zero-order valence-corrected chi connectivity index (χ0v) is 13.0. The molecule has 1 aromatic carbocycles. The van der Waals surface area contributed by atoms with Gasteiger partial charge in [-0.05, 0) is 43.0 Å². The van der Waals surface area contributed by atoms with Crippen molar-refractivity contribution in [3.63, 3.8) is 0 Å². The second-order valence-corrected chi connectivity index (χ2v) is 6.88. The van der Waals surface area contributed by atoms with E-state index in [1.807, 2.05) is 0 Å². The molecule has 0 radical (unpaired) electrons. The van der Waals surface area contributed by atoms with Gasteiger partial charge in [0.1, 0.15) is 0 Å². The van der Waals surface area contributed by atoms with Gasteiger partial charge in [-0.3, -0.25) is 0 Å². The fraction of sp³-hybridized carbons (Fsp3) is 0.625. The number of thioether (sulfide) groups is 1. The van der Waals surface area contributed by atoms with Crippen molar-refractivity contribution >= 4 is 11.8 Å². The van der Waals surface area contributed by atoms with E-state index >= 15 is 0 Å². The molecule has 1 aliphatic heterocycles. The normalized spacial score (nSPS) is 23.2. The number of hydrogen-bond donors (Lipinski definition) is 1. The zero-order valence-electron chi connectivity index (χ0n) is 12.2. The van der Waals surface area contributed by atoms with Crippen LogP contribution in [0.2, 0.25) is 0 Å². The second kappa shape index (κ2) is 5.66. The molecule has 0 fully saturated rings. The van der Waals surface area contributed by atoms with Crippen LogP contribution < -0.4 is 5.32 Å². The SMILES string of the molecule is CCNC1c2c(C)cc(C)cc2CSC1C(C)C. The highest BCUT2D eigenvalue weighted by Gasteiger charge is 2.32. The molecule has 1 heterocycles. The Morgan fingerprint density at radius 2 is 2.06 bits per heavy atom. The van der Waals surface area contributed by atoms with Gasteiger partial charge in [0.25, 0.3) is 0 Å². The molecule has 2 heteroatoms. The molecular weight excluding hydrogens is 238 g/mol. The highest BCUT2D eigenvalue weighted by molar-refractivity contribution is 7.99. The van der Waals surface area contributed by atoms with Gasteiger partial charge in [0.05, 0.1) is 0 Å². The first-order valence-electron chi connectivity index (χ1n) is 6.99. The van der Waals surface area contributed by atoms with Crippen LogP contribution in [0.4, 0.5) is 0 Å².